The third kappa shape index (κ3) is 2.87. The minimum absolute atomic E-state index is 0.204. The van der Waals surface area contributed by atoms with E-state index in [1.54, 1.807) is 0 Å². The van der Waals surface area contributed by atoms with Crippen LogP contribution in [0, 0.1) is 29.1 Å². The minimum Gasteiger partial charge on any atom is -0.455 e. The molecule has 0 aromatic rings. The number of esters is 1. The van der Waals surface area contributed by atoms with Gasteiger partial charge in [0.1, 0.15) is 5.60 Å². The van der Waals surface area contributed by atoms with Gasteiger partial charge in [0, 0.05) is 17.9 Å². The predicted molar refractivity (Wildman–Crippen MR) is 94.0 cm³/mol. The van der Waals surface area contributed by atoms with Gasteiger partial charge in [0.15, 0.2) is 0 Å². The van der Waals surface area contributed by atoms with Gasteiger partial charge in [-0.1, -0.05) is 46.6 Å². The first kappa shape index (κ1) is 17.0. The largest absolute Gasteiger partial charge is 0.455 e. The van der Waals surface area contributed by atoms with Crippen LogP contribution in [0.15, 0.2) is 12.7 Å². The third-order valence-corrected chi connectivity index (χ3v) is 7.23. The number of hydrogen-bond acceptors (Lipinski definition) is 2. The van der Waals surface area contributed by atoms with E-state index in [2.05, 4.69) is 27.4 Å². The van der Waals surface area contributed by atoms with Gasteiger partial charge in [-0.2, -0.15) is 0 Å². The molecule has 4 saturated carbocycles. The lowest BCUT2D eigenvalue weighted by Crippen LogP contribution is -2.64. The van der Waals surface area contributed by atoms with Crippen molar-refractivity contribution in [3.05, 3.63) is 12.7 Å². The first-order valence-corrected chi connectivity index (χ1v) is 9.79. The van der Waals surface area contributed by atoms with E-state index in [-0.39, 0.29) is 11.6 Å². The maximum atomic E-state index is 12.2. The zero-order chi connectivity index (χ0) is 16.7. The summed E-state index contributed by atoms with van der Waals surface area (Å²) in [5.74, 6) is 2.27. The molecular weight excluding hydrogens is 284 g/mol. The number of hydrogen-bond donors (Lipinski definition) is 0. The van der Waals surface area contributed by atoms with E-state index in [1.165, 1.54) is 63.9 Å². The van der Waals surface area contributed by atoms with E-state index in [1.807, 2.05) is 0 Å². The molecule has 0 aliphatic heterocycles. The molecule has 23 heavy (non-hydrogen) atoms. The molecule has 0 radical (unpaired) electrons. The van der Waals surface area contributed by atoms with Gasteiger partial charge in [0.05, 0.1) is 0 Å². The average Bonchev–Trinajstić information content (AvgIpc) is 2.49. The maximum absolute atomic E-state index is 12.2. The first-order valence-electron chi connectivity index (χ1n) is 9.79. The van der Waals surface area contributed by atoms with Crippen molar-refractivity contribution in [3.63, 3.8) is 0 Å². The van der Waals surface area contributed by atoms with Crippen LogP contribution in [0.2, 0.25) is 0 Å². The second-order valence-corrected chi connectivity index (χ2v) is 9.03. The molecule has 4 bridgehead atoms. The Bertz CT molecular complexity index is 450. The number of unbranched alkanes of at least 4 members (excludes halogenated alkanes) is 2. The molecular formula is C21H34O2. The molecule has 0 spiro atoms. The average molecular weight is 319 g/mol. The first-order chi connectivity index (χ1) is 10.9. The molecule has 3 unspecified atom stereocenters. The quantitative estimate of drug-likeness (QED) is 0.351. The summed E-state index contributed by atoms with van der Waals surface area (Å²) < 4.78 is 6.24. The van der Waals surface area contributed by atoms with Crippen LogP contribution in [0.1, 0.15) is 78.6 Å². The molecule has 4 rings (SSSR count). The molecule has 3 atom stereocenters. The molecule has 2 nitrogen and oxygen atoms in total. The Kier molecular flexibility index (Phi) is 4.64. The number of ether oxygens (including phenoxy) is 1. The highest BCUT2D eigenvalue weighted by molar-refractivity contribution is 5.81. The Hall–Kier alpha value is -0.790. The second-order valence-electron chi connectivity index (χ2n) is 9.03. The van der Waals surface area contributed by atoms with E-state index in [0.717, 1.165) is 5.92 Å². The van der Waals surface area contributed by atoms with Gasteiger partial charge in [-0.3, -0.25) is 0 Å². The number of carbonyl (C=O) groups is 1. The number of carbonyl (C=O) groups excluding carboxylic acids is 1. The van der Waals surface area contributed by atoms with E-state index in [9.17, 15) is 4.79 Å². The van der Waals surface area contributed by atoms with Crippen molar-refractivity contribution in [2.24, 2.45) is 29.1 Å². The Morgan fingerprint density at radius 2 is 1.91 bits per heavy atom. The van der Waals surface area contributed by atoms with Crippen LogP contribution in [0.25, 0.3) is 0 Å². The van der Waals surface area contributed by atoms with E-state index in [4.69, 9.17) is 4.74 Å². The molecule has 0 N–H and O–H groups in total. The molecule has 4 aliphatic carbocycles. The number of rotatable bonds is 7. The third-order valence-electron chi connectivity index (χ3n) is 7.23. The summed E-state index contributed by atoms with van der Waals surface area (Å²) in [7, 11) is 0. The Morgan fingerprint density at radius 1 is 1.26 bits per heavy atom. The smallest absolute Gasteiger partial charge is 0.330 e. The molecule has 0 aromatic heterocycles. The van der Waals surface area contributed by atoms with Crippen LogP contribution < -0.4 is 0 Å². The van der Waals surface area contributed by atoms with Crippen molar-refractivity contribution < 1.29 is 9.53 Å². The van der Waals surface area contributed by atoms with Gasteiger partial charge in [-0.15, -0.1) is 0 Å². The lowest BCUT2D eigenvalue weighted by atomic mass is 9.43. The van der Waals surface area contributed by atoms with E-state index in [0.29, 0.717) is 23.2 Å². The molecule has 0 amide bonds. The molecule has 0 heterocycles. The highest BCUT2D eigenvalue weighted by atomic mass is 16.6. The highest BCUT2D eigenvalue weighted by Crippen LogP contribution is 2.66. The molecule has 0 saturated heterocycles. The van der Waals surface area contributed by atoms with Gasteiger partial charge in [-0.05, 0) is 55.8 Å². The van der Waals surface area contributed by atoms with Gasteiger partial charge in [-0.25, -0.2) is 4.79 Å². The molecule has 2 heteroatoms. The fraction of sp³-hybridized carbons (Fsp3) is 0.857. The molecule has 4 aliphatic rings. The summed E-state index contributed by atoms with van der Waals surface area (Å²) in [6.07, 6.45) is 12.8. The normalized spacial score (nSPS) is 42.5. The van der Waals surface area contributed by atoms with Crippen molar-refractivity contribution in [2.75, 3.05) is 0 Å². The Labute approximate surface area is 142 Å². The Balaban J connectivity index is 1.87. The van der Waals surface area contributed by atoms with Crippen molar-refractivity contribution >= 4 is 5.97 Å². The molecule has 130 valence electrons. The topological polar surface area (TPSA) is 26.3 Å². The van der Waals surface area contributed by atoms with Gasteiger partial charge in [0.25, 0.3) is 0 Å². The van der Waals surface area contributed by atoms with Crippen molar-refractivity contribution in [3.8, 4) is 0 Å². The summed E-state index contributed by atoms with van der Waals surface area (Å²) >= 11 is 0. The van der Waals surface area contributed by atoms with Gasteiger partial charge in [0.2, 0.25) is 0 Å². The lowest BCUT2D eigenvalue weighted by Gasteiger charge is -2.65. The highest BCUT2D eigenvalue weighted by Gasteiger charge is 2.64. The monoisotopic (exact) mass is 318 g/mol. The summed E-state index contributed by atoms with van der Waals surface area (Å²) in [6, 6.07) is 0. The summed E-state index contributed by atoms with van der Waals surface area (Å²) in [6.45, 7) is 10.7. The van der Waals surface area contributed by atoms with Crippen LogP contribution in [-0.4, -0.2) is 11.6 Å². The minimum atomic E-state index is -0.213. The lowest BCUT2D eigenvalue weighted by molar-refractivity contribution is -0.238. The van der Waals surface area contributed by atoms with Crippen LogP contribution in [0.5, 0.6) is 0 Å². The summed E-state index contributed by atoms with van der Waals surface area (Å²) in [5.41, 5.74) is 0.291. The SMILES string of the molecule is C=CC(=O)OC1(C(C)CCCCC)C2CC3CC1CC(C)(C3)C2. The van der Waals surface area contributed by atoms with Crippen LogP contribution in [0.3, 0.4) is 0 Å². The fourth-order valence-electron chi connectivity index (χ4n) is 6.61. The summed E-state index contributed by atoms with van der Waals surface area (Å²) in [5, 5.41) is 0. The van der Waals surface area contributed by atoms with Gasteiger partial charge >= 0.3 is 5.97 Å². The predicted octanol–water partition coefficient (Wildman–Crippen LogP) is 5.52. The van der Waals surface area contributed by atoms with Crippen molar-refractivity contribution in [1.82, 2.24) is 0 Å². The van der Waals surface area contributed by atoms with Crippen LogP contribution in [0.4, 0.5) is 0 Å². The molecule has 0 aromatic carbocycles. The Morgan fingerprint density at radius 3 is 2.43 bits per heavy atom. The molecule has 4 fully saturated rings. The van der Waals surface area contributed by atoms with Crippen molar-refractivity contribution in [2.45, 2.75) is 84.2 Å². The second kappa shape index (κ2) is 6.26. The standard InChI is InChI=1S/C21H34O2/c1-5-7-8-9-15(3)21(23-19(22)6-2)17-10-16-11-18(21)14-20(4,12-16)13-17/h6,15-18H,2,5,7-14H2,1,3-4H3. The zero-order valence-electron chi connectivity index (χ0n) is 15.3. The fourth-order valence-corrected chi connectivity index (χ4v) is 6.61. The maximum Gasteiger partial charge on any atom is 0.330 e. The summed E-state index contributed by atoms with van der Waals surface area (Å²) in [4.78, 5) is 12.2. The zero-order valence-corrected chi connectivity index (χ0v) is 15.3. The van der Waals surface area contributed by atoms with E-state index < -0.39 is 0 Å². The van der Waals surface area contributed by atoms with Gasteiger partial charge < -0.3 is 4.74 Å². The van der Waals surface area contributed by atoms with Crippen LogP contribution in [-0.2, 0) is 9.53 Å². The van der Waals surface area contributed by atoms with Crippen molar-refractivity contribution in [1.29, 1.82) is 0 Å². The van der Waals surface area contributed by atoms with Crippen LogP contribution >= 0.6 is 0 Å². The van der Waals surface area contributed by atoms with E-state index >= 15 is 0 Å².